The molecule has 7 heteroatoms. The molecule has 0 atom stereocenters. The molecule has 0 spiro atoms. The number of hydrogen-bond donors (Lipinski definition) is 1. The first-order valence-corrected chi connectivity index (χ1v) is 8.97. The lowest BCUT2D eigenvalue weighted by molar-refractivity contribution is -0.121. The molecule has 0 aliphatic rings. The summed E-state index contributed by atoms with van der Waals surface area (Å²) in [7, 11) is 0. The molecule has 7 nitrogen and oxygen atoms in total. The number of para-hydroxylation sites is 3. The van der Waals surface area contributed by atoms with E-state index in [0.717, 1.165) is 33.7 Å². The van der Waals surface area contributed by atoms with Crippen molar-refractivity contribution in [3.05, 3.63) is 77.9 Å². The lowest BCUT2D eigenvalue weighted by Gasteiger charge is -2.04. The molecule has 0 radical (unpaired) electrons. The van der Waals surface area contributed by atoms with Gasteiger partial charge in [-0.15, -0.1) is 0 Å². The van der Waals surface area contributed by atoms with Crippen molar-refractivity contribution in [3.63, 3.8) is 0 Å². The van der Waals surface area contributed by atoms with Crippen molar-refractivity contribution in [2.75, 3.05) is 0 Å². The molecule has 0 aliphatic heterocycles. The third-order valence-electron chi connectivity index (χ3n) is 4.57. The Labute approximate surface area is 162 Å². The van der Waals surface area contributed by atoms with Gasteiger partial charge in [0.2, 0.25) is 0 Å². The van der Waals surface area contributed by atoms with E-state index in [-0.39, 0.29) is 12.5 Å². The molecule has 1 amide bonds. The van der Waals surface area contributed by atoms with Crippen molar-refractivity contribution < 1.29 is 4.79 Å². The van der Waals surface area contributed by atoms with E-state index in [1.54, 1.807) is 17.1 Å². The lowest BCUT2D eigenvalue weighted by Crippen LogP contribution is -2.22. The number of hydrazone groups is 1. The monoisotopic (exact) mass is 372 g/mol. The summed E-state index contributed by atoms with van der Waals surface area (Å²) in [5.74, 6) is -0.217. The van der Waals surface area contributed by atoms with Crippen molar-refractivity contribution in [2.24, 2.45) is 5.10 Å². The first kappa shape index (κ1) is 17.7. The zero-order chi connectivity index (χ0) is 19.5. The minimum atomic E-state index is -0.217. The third-order valence-corrected chi connectivity index (χ3v) is 4.57. The standard InChI is InChI=1S/C21H20N6O/c1-15-18(16(2)27(25-15)17-8-4-3-5-9-17)12-23-24-21(28)13-26-14-22-19-10-6-7-11-20(19)26/h3-12,14H,13H2,1-2H3,(H,24,28). The summed E-state index contributed by atoms with van der Waals surface area (Å²) in [6.07, 6.45) is 3.30. The number of rotatable bonds is 5. The molecule has 4 rings (SSSR count). The van der Waals surface area contributed by atoms with Gasteiger partial charge in [0.05, 0.1) is 40.7 Å². The second-order valence-electron chi connectivity index (χ2n) is 6.49. The molecule has 0 unspecified atom stereocenters. The van der Waals surface area contributed by atoms with Crippen molar-refractivity contribution >= 4 is 23.2 Å². The van der Waals surface area contributed by atoms with Gasteiger partial charge >= 0.3 is 0 Å². The van der Waals surface area contributed by atoms with Crippen molar-refractivity contribution in [1.82, 2.24) is 24.8 Å². The second kappa shape index (κ2) is 7.48. The normalized spacial score (nSPS) is 11.4. The highest BCUT2D eigenvalue weighted by molar-refractivity contribution is 5.85. The molecule has 4 aromatic rings. The number of aryl methyl sites for hydroxylation is 1. The molecule has 2 heterocycles. The number of carbonyl (C=O) groups excluding carboxylic acids is 1. The third kappa shape index (κ3) is 3.42. The fourth-order valence-corrected chi connectivity index (χ4v) is 3.16. The van der Waals surface area contributed by atoms with Gasteiger partial charge in [0.15, 0.2) is 0 Å². The number of fused-ring (bicyclic) bond motifs is 1. The van der Waals surface area contributed by atoms with Crippen LogP contribution in [0, 0.1) is 13.8 Å². The van der Waals surface area contributed by atoms with Gasteiger partial charge in [0.1, 0.15) is 6.54 Å². The van der Waals surface area contributed by atoms with E-state index in [0.29, 0.717) is 0 Å². The van der Waals surface area contributed by atoms with Crippen LogP contribution < -0.4 is 5.43 Å². The Kier molecular flexibility index (Phi) is 4.72. The molecule has 0 bridgehead atoms. The number of nitrogens with zero attached hydrogens (tertiary/aromatic N) is 5. The summed E-state index contributed by atoms with van der Waals surface area (Å²) in [5.41, 5.74) is 8.04. The Morgan fingerprint density at radius 1 is 1.11 bits per heavy atom. The number of carbonyl (C=O) groups is 1. The number of amides is 1. The molecule has 1 N–H and O–H groups in total. The molecular weight excluding hydrogens is 352 g/mol. The highest BCUT2D eigenvalue weighted by Crippen LogP contribution is 2.16. The maximum Gasteiger partial charge on any atom is 0.260 e. The largest absolute Gasteiger partial charge is 0.321 e. The van der Waals surface area contributed by atoms with E-state index in [4.69, 9.17) is 0 Å². The smallest absolute Gasteiger partial charge is 0.260 e. The SMILES string of the molecule is Cc1nn(-c2ccccc2)c(C)c1C=NNC(=O)Cn1cnc2ccccc21. The minimum absolute atomic E-state index is 0.152. The van der Waals surface area contributed by atoms with Crippen LogP contribution in [0.25, 0.3) is 16.7 Å². The van der Waals surface area contributed by atoms with E-state index >= 15 is 0 Å². The van der Waals surface area contributed by atoms with Crippen LogP contribution in [0.15, 0.2) is 66.0 Å². The van der Waals surface area contributed by atoms with Gasteiger partial charge in [-0.1, -0.05) is 30.3 Å². The van der Waals surface area contributed by atoms with Crippen LogP contribution in [0.1, 0.15) is 17.0 Å². The van der Waals surface area contributed by atoms with Gasteiger partial charge in [0, 0.05) is 5.56 Å². The quantitative estimate of drug-likeness (QED) is 0.432. The average molecular weight is 372 g/mol. The fourth-order valence-electron chi connectivity index (χ4n) is 3.16. The van der Waals surface area contributed by atoms with Gasteiger partial charge < -0.3 is 4.57 Å². The second-order valence-corrected chi connectivity index (χ2v) is 6.49. The lowest BCUT2D eigenvalue weighted by atomic mass is 10.2. The van der Waals surface area contributed by atoms with E-state index in [1.165, 1.54) is 0 Å². The topological polar surface area (TPSA) is 77.1 Å². The van der Waals surface area contributed by atoms with Crippen molar-refractivity contribution in [2.45, 2.75) is 20.4 Å². The van der Waals surface area contributed by atoms with Gasteiger partial charge in [-0.05, 0) is 38.1 Å². The minimum Gasteiger partial charge on any atom is -0.321 e. The Bertz CT molecular complexity index is 1160. The molecule has 2 aromatic heterocycles. The Morgan fingerprint density at radius 2 is 1.86 bits per heavy atom. The number of benzene rings is 2. The molecule has 28 heavy (non-hydrogen) atoms. The predicted molar refractivity (Wildman–Crippen MR) is 109 cm³/mol. The summed E-state index contributed by atoms with van der Waals surface area (Å²) in [6.45, 7) is 4.06. The number of aromatic nitrogens is 4. The van der Waals surface area contributed by atoms with E-state index in [2.05, 4.69) is 20.6 Å². The molecule has 0 fully saturated rings. The highest BCUT2D eigenvalue weighted by atomic mass is 16.2. The maximum absolute atomic E-state index is 12.2. The van der Waals surface area contributed by atoms with Crippen LogP contribution in [-0.2, 0) is 11.3 Å². The van der Waals surface area contributed by atoms with E-state index in [1.807, 2.05) is 73.1 Å². The summed E-state index contributed by atoms with van der Waals surface area (Å²) >= 11 is 0. The van der Waals surface area contributed by atoms with Crippen LogP contribution >= 0.6 is 0 Å². The fraction of sp³-hybridized carbons (Fsp3) is 0.143. The van der Waals surface area contributed by atoms with Crippen molar-refractivity contribution in [1.29, 1.82) is 0 Å². The molecule has 0 aliphatic carbocycles. The summed E-state index contributed by atoms with van der Waals surface area (Å²) in [6, 6.07) is 17.6. The van der Waals surface area contributed by atoms with E-state index < -0.39 is 0 Å². The predicted octanol–water partition coefficient (Wildman–Crippen LogP) is 2.99. The molecular formula is C21H20N6O. The van der Waals surface area contributed by atoms with Gasteiger partial charge in [-0.3, -0.25) is 4.79 Å². The summed E-state index contributed by atoms with van der Waals surface area (Å²) < 4.78 is 3.67. The zero-order valence-corrected chi connectivity index (χ0v) is 15.7. The van der Waals surface area contributed by atoms with Crippen LogP contribution in [0.3, 0.4) is 0 Å². The molecule has 140 valence electrons. The van der Waals surface area contributed by atoms with Gasteiger partial charge in [0.25, 0.3) is 5.91 Å². The molecule has 0 saturated heterocycles. The highest BCUT2D eigenvalue weighted by Gasteiger charge is 2.11. The van der Waals surface area contributed by atoms with Crippen LogP contribution in [0.2, 0.25) is 0 Å². The number of imidazole rings is 1. The van der Waals surface area contributed by atoms with E-state index in [9.17, 15) is 4.79 Å². The number of nitrogens with one attached hydrogen (secondary N) is 1. The average Bonchev–Trinajstić information content (AvgIpc) is 3.24. The Hall–Kier alpha value is -3.74. The van der Waals surface area contributed by atoms with Gasteiger partial charge in [-0.2, -0.15) is 10.2 Å². The van der Waals surface area contributed by atoms with Crippen LogP contribution in [0.5, 0.6) is 0 Å². The summed E-state index contributed by atoms with van der Waals surface area (Å²) in [5, 5.41) is 8.69. The van der Waals surface area contributed by atoms with Crippen molar-refractivity contribution in [3.8, 4) is 5.69 Å². The van der Waals surface area contributed by atoms with Gasteiger partial charge in [-0.25, -0.2) is 15.1 Å². The Balaban J connectivity index is 1.46. The van der Waals surface area contributed by atoms with Crippen LogP contribution in [0.4, 0.5) is 0 Å². The summed E-state index contributed by atoms with van der Waals surface area (Å²) in [4.78, 5) is 16.5. The van der Waals surface area contributed by atoms with Crippen LogP contribution in [-0.4, -0.2) is 31.5 Å². The first-order valence-electron chi connectivity index (χ1n) is 8.97. The molecule has 2 aromatic carbocycles. The Morgan fingerprint density at radius 3 is 2.68 bits per heavy atom. The molecule has 0 saturated carbocycles. The first-order chi connectivity index (χ1) is 13.6. The number of hydrogen-bond acceptors (Lipinski definition) is 4. The maximum atomic E-state index is 12.2. The zero-order valence-electron chi connectivity index (χ0n) is 15.7.